The minimum absolute atomic E-state index is 0. The van der Waals surface area contributed by atoms with E-state index in [-0.39, 0.29) is 24.0 Å². The van der Waals surface area contributed by atoms with Gasteiger partial charge in [0.1, 0.15) is 0 Å². The summed E-state index contributed by atoms with van der Waals surface area (Å²) in [6.45, 7) is 6.09. The Morgan fingerprint density at radius 1 is 1.12 bits per heavy atom. The Morgan fingerprint density at radius 3 is 2.46 bits per heavy atom. The molecule has 0 amide bonds. The zero-order valence-corrected chi connectivity index (χ0v) is 16.6. The number of ether oxygens (including phenoxy) is 1. The lowest BCUT2D eigenvalue weighted by Gasteiger charge is -2.11. The quantitative estimate of drug-likeness (QED) is 0.387. The maximum absolute atomic E-state index is 5.91. The molecule has 0 spiro atoms. The Bertz CT molecular complexity index is 614. The van der Waals surface area contributed by atoms with Crippen molar-refractivity contribution in [1.29, 1.82) is 0 Å². The van der Waals surface area contributed by atoms with Crippen molar-refractivity contribution in [2.24, 2.45) is 16.6 Å². The number of anilines is 1. The fraction of sp³-hybridized carbons (Fsp3) is 0.316. The second kappa shape index (κ2) is 11.0. The third kappa shape index (κ3) is 7.79. The number of aliphatic imine (C=N–C) groups is 1. The number of nitrogens with two attached hydrogens (primary N) is 1. The number of guanidine groups is 1. The molecule has 0 aromatic heterocycles. The van der Waals surface area contributed by atoms with Crippen LogP contribution in [0.15, 0.2) is 59.6 Å². The molecule has 0 fully saturated rings. The number of halogens is 1. The molecule has 0 saturated carbocycles. The van der Waals surface area contributed by atoms with Crippen LogP contribution in [0.1, 0.15) is 18.1 Å². The van der Waals surface area contributed by atoms with Crippen LogP contribution in [-0.4, -0.2) is 19.1 Å². The molecule has 0 aliphatic heterocycles. The van der Waals surface area contributed by atoms with Crippen LogP contribution in [0.5, 0.6) is 0 Å². The molecule has 4 nitrogen and oxygen atoms in total. The number of hydrogen-bond acceptors (Lipinski definition) is 2. The summed E-state index contributed by atoms with van der Waals surface area (Å²) in [6.07, 6.45) is 0. The van der Waals surface area contributed by atoms with Gasteiger partial charge in [-0.1, -0.05) is 55.0 Å². The van der Waals surface area contributed by atoms with Gasteiger partial charge in [-0.05, 0) is 30.5 Å². The minimum atomic E-state index is 0. The largest absolute Gasteiger partial charge is 0.376 e. The van der Waals surface area contributed by atoms with E-state index in [1.165, 1.54) is 11.1 Å². The molecule has 0 saturated heterocycles. The van der Waals surface area contributed by atoms with E-state index in [9.17, 15) is 0 Å². The van der Waals surface area contributed by atoms with Crippen molar-refractivity contribution < 1.29 is 4.74 Å². The standard InChI is InChI=1S/C19H25N3O.HI/c1-15-8-10-18(11-9-15)22-19(20)21-12-16(2)13-23-14-17-6-4-3-5-7-17;/h3-11,16H,12-14H2,1-2H3,(H3,20,21,22);1H. The van der Waals surface area contributed by atoms with Gasteiger partial charge in [0.25, 0.3) is 0 Å². The van der Waals surface area contributed by atoms with Crippen molar-refractivity contribution in [2.75, 3.05) is 18.5 Å². The van der Waals surface area contributed by atoms with E-state index in [0.717, 1.165) is 5.69 Å². The highest BCUT2D eigenvalue weighted by molar-refractivity contribution is 14.0. The molecule has 0 bridgehead atoms. The summed E-state index contributed by atoms with van der Waals surface area (Å²) >= 11 is 0. The van der Waals surface area contributed by atoms with Crippen molar-refractivity contribution in [2.45, 2.75) is 20.5 Å². The van der Waals surface area contributed by atoms with E-state index in [0.29, 0.717) is 31.6 Å². The maximum Gasteiger partial charge on any atom is 0.193 e. The van der Waals surface area contributed by atoms with Gasteiger partial charge in [-0.15, -0.1) is 24.0 Å². The Labute approximate surface area is 161 Å². The molecular formula is C19H26IN3O. The number of rotatable bonds is 7. The highest BCUT2D eigenvalue weighted by Gasteiger charge is 2.03. The summed E-state index contributed by atoms with van der Waals surface area (Å²) in [6, 6.07) is 18.2. The molecule has 0 heterocycles. The van der Waals surface area contributed by atoms with Gasteiger partial charge in [0.15, 0.2) is 5.96 Å². The molecule has 2 aromatic carbocycles. The van der Waals surface area contributed by atoms with E-state index in [4.69, 9.17) is 10.5 Å². The van der Waals surface area contributed by atoms with Crippen LogP contribution in [0.25, 0.3) is 0 Å². The van der Waals surface area contributed by atoms with Crippen LogP contribution in [0.4, 0.5) is 5.69 Å². The summed E-state index contributed by atoms with van der Waals surface area (Å²) in [4.78, 5) is 4.37. The number of nitrogens with zero attached hydrogens (tertiary/aromatic N) is 1. The van der Waals surface area contributed by atoms with Crippen molar-refractivity contribution >= 4 is 35.6 Å². The number of nitrogens with one attached hydrogen (secondary N) is 1. The molecule has 24 heavy (non-hydrogen) atoms. The second-order valence-corrected chi connectivity index (χ2v) is 5.82. The summed E-state index contributed by atoms with van der Waals surface area (Å²) in [5.74, 6) is 0.751. The smallest absolute Gasteiger partial charge is 0.193 e. The Balaban J connectivity index is 0.00000288. The van der Waals surface area contributed by atoms with Crippen LogP contribution >= 0.6 is 24.0 Å². The fourth-order valence-electron chi connectivity index (χ4n) is 2.08. The third-order valence-corrected chi connectivity index (χ3v) is 3.41. The number of benzene rings is 2. The molecule has 3 N–H and O–H groups in total. The van der Waals surface area contributed by atoms with Crippen molar-refractivity contribution in [1.82, 2.24) is 0 Å². The first-order valence-electron chi connectivity index (χ1n) is 7.89. The predicted octanol–water partition coefficient (Wildman–Crippen LogP) is 4.19. The fourth-order valence-corrected chi connectivity index (χ4v) is 2.08. The van der Waals surface area contributed by atoms with E-state index in [1.807, 2.05) is 42.5 Å². The van der Waals surface area contributed by atoms with Gasteiger partial charge in [-0.25, -0.2) is 0 Å². The average molecular weight is 439 g/mol. The lowest BCUT2D eigenvalue weighted by atomic mass is 10.2. The molecule has 1 unspecified atom stereocenters. The van der Waals surface area contributed by atoms with Gasteiger partial charge >= 0.3 is 0 Å². The number of hydrogen-bond donors (Lipinski definition) is 2. The van der Waals surface area contributed by atoms with E-state index in [2.05, 4.69) is 36.3 Å². The SMILES string of the molecule is Cc1ccc(NC(N)=NCC(C)COCc2ccccc2)cc1.I. The average Bonchev–Trinajstić information content (AvgIpc) is 2.56. The summed E-state index contributed by atoms with van der Waals surface area (Å²) in [7, 11) is 0. The van der Waals surface area contributed by atoms with Crippen LogP contribution in [0, 0.1) is 12.8 Å². The van der Waals surface area contributed by atoms with E-state index >= 15 is 0 Å². The first-order chi connectivity index (χ1) is 11.1. The zero-order valence-electron chi connectivity index (χ0n) is 14.2. The van der Waals surface area contributed by atoms with E-state index in [1.54, 1.807) is 0 Å². The first-order valence-corrected chi connectivity index (χ1v) is 7.89. The topological polar surface area (TPSA) is 59.6 Å². The molecule has 130 valence electrons. The van der Waals surface area contributed by atoms with Gasteiger partial charge in [0.2, 0.25) is 0 Å². The lowest BCUT2D eigenvalue weighted by molar-refractivity contribution is 0.0945. The van der Waals surface area contributed by atoms with Crippen LogP contribution in [0.3, 0.4) is 0 Å². The molecule has 0 aliphatic carbocycles. The summed E-state index contributed by atoms with van der Waals surface area (Å²) in [5, 5.41) is 3.09. The molecular weight excluding hydrogens is 413 g/mol. The van der Waals surface area contributed by atoms with E-state index < -0.39 is 0 Å². The minimum Gasteiger partial charge on any atom is -0.376 e. The van der Waals surface area contributed by atoms with Gasteiger partial charge < -0.3 is 15.8 Å². The van der Waals surface area contributed by atoms with Crippen LogP contribution in [0.2, 0.25) is 0 Å². The highest BCUT2D eigenvalue weighted by Crippen LogP contribution is 2.08. The highest BCUT2D eigenvalue weighted by atomic mass is 127. The second-order valence-electron chi connectivity index (χ2n) is 5.82. The molecule has 5 heteroatoms. The molecule has 2 aromatic rings. The Kier molecular flexibility index (Phi) is 9.41. The van der Waals surface area contributed by atoms with Crippen molar-refractivity contribution in [3.63, 3.8) is 0 Å². The number of aryl methyl sites for hydroxylation is 1. The maximum atomic E-state index is 5.91. The van der Waals surface area contributed by atoms with Gasteiger partial charge in [-0.2, -0.15) is 0 Å². The Hall–Kier alpha value is -1.60. The first kappa shape index (κ1) is 20.4. The lowest BCUT2D eigenvalue weighted by Crippen LogP contribution is -2.24. The summed E-state index contributed by atoms with van der Waals surface area (Å²) in [5.41, 5.74) is 9.26. The van der Waals surface area contributed by atoms with Gasteiger partial charge in [0, 0.05) is 12.2 Å². The third-order valence-electron chi connectivity index (χ3n) is 3.41. The molecule has 1 atom stereocenters. The van der Waals surface area contributed by atoms with Crippen molar-refractivity contribution in [3.8, 4) is 0 Å². The van der Waals surface area contributed by atoms with Gasteiger partial charge in [0.05, 0.1) is 13.2 Å². The zero-order chi connectivity index (χ0) is 16.5. The molecule has 0 radical (unpaired) electrons. The van der Waals surface area contributed by atoms with Gasteiger partial charge in [-0.3, -0.25) is 4.99 Å². The summed E-state index contributed by atoms with van der Waals surface area (Å²) < 4.78 is 5.71. The van der Waals surface area contributed by atoms with Crippen molar-refractivity contribution in [3.05, 3.63) is 65.7 Å². The predicted molar refractivity (Wildman–Crippen MR) is 112 cm³/mol. The van der Waals surface area contributed by atoms with Crippen LogP contribution in [-0.2, 0) is 11.3 Å². The Morgan fingerprint density at radius 2 is 1.79 bits per heavy atom. The molecule has 2 rings (SSSR count). The monoisotopic (exact) mass is 439 g/mol. The van der Waals surface area contributed by atoms with Crippen LogP contribution < -0.4 is 11.1 Å². The molecule has 0 aliphatic rings. The normalized spacial score (nSPS) is 12.3.